The lowest BCUT2D eigenvalue weighted by Crippen LogP contribution is -2.43. The summed E-state index contributed by atoms with van der Waals surface area (Å²) in [6, 6.07) is 10.6. The van der Waals surface area contributed by atoms with Gasteiger partial charge in [0.25, 0.3) is 0 Å². The summed E-state index contributed by atoms with van der Waals surface area (Å²) in [7, 11) is -3.67. The fraction of sp³-hybridized carbons (Fsp3) is 0.312. The van der Waals surface area contributed by atoms with Crippen LogP contribution in [0.15, 0.2) is 52.3 Å². The zero-order valence-electron chi connectivity index (χ0n) is 14.1. The molecule has 0 radical (unpaired) electrons. The zero-order valence-corrected chi connectivity index (χ0v) is 18.1. The molecule has 6 nitrogen and oxygen atoms in total. The minimum absolute atomic E-state index is 0.0465. The summed E-state index contributed by atoms with van der Waals surface area (Å²) in [6.45, 7) is -0.227. The highest BCUT2D eigenvalue weighted by Crippen LogP contribution is 2.27. The van der Waals surface area contributed by atoms with E-state index in [0.29, 0.717) is 4.90 Å². The first-order valence-corrected chi connectivity index (χ1v) is 11.9. The van der Waals surface area contributed by atoms with Gasteiger partial charge in [0.05, 0.1) is 10.6 Å². The molecule has 0 aliphatic carbocycles. The van der Waals surface area contributed by atoms with Gasteiger partial charge in [-0.15, -0.1) is 0 Å². The third-order valence-corrected chi connectivity index (χ3v) is 7.65. The summed E-state index contributed by atoms with van der Waals surface area (Å²) >= 11 is 9.10. The van der Waals surface area contributed by atoms with Crippen molar-refractivity contribution in [1.82, 2.24) is 9.29 Å². The molecule has 142 valence electrons. The highest BCUT2D eigenvalue weighted by Gasteiger charge is 2.35. The molecule has 0 amide bonds. The second-order valence-corrected chi connectivity index (χ2v) is 10.1. The van der Waals surface area contributed by atoms with Gasteiger partial charge < -0.3 is 5.11 Å². The van der Waals surface area contributed by atoms with Crippen LogP contribution in [0.4, 0.5) is 0 Å². The molecular formula is C16H18BrClN2O4S2. The first-order valence-electron chi connectivity index (χ1n) is 7.41. The molecule has 10 heteroatoms. The van der Waals surface area contributed by atoms with Crippen LogP contribution < -0.4 is 0 Å². The number of hydrogen-bond donors (Lipinski definition) is 1. The van der Waals surface area contributed by atoms with E-state index in [4.69, 9.17) is 11.6 Å². The number of halogens is 2. The maximum atomic E-state index is 12.8. The largest absolute Gasteiger partial charge is 0.381 e. The molecule has 1 heterocycles. The molecule has 26 heavy (non-hydrogen) atoms. The quantitative estimate of drug-likeness (QED) is 0.484. The van der Waals surface area contributed by atoms with Crippen molar-refractivity contribution >= 4 is 48.4 Å². The molecule has 0 fully saturated rings. The summed E-state index contributed by atoms with van der Waals surface area (Å²) in [5.41, 5.74) is -1.29. The molecule has 0 aliphatic heterocycles. The number of likely N-dealkylation sites (N-methyl/N-ethyl adjacent to an activating group) is 1. The molecule has 0 aliphatic rings. The van der Waals surface area contributed by atoms with Gasteiger partial charge in [-0.2, -0.15) is 4.31 Å². The van der Waals surface area contributed by atoms with Crippen LogP contribution in [0.1, 0.15) is 5.69 Å². The van der Waals surface area contributed by atoms with E-state index in [-0.39, 0.29) is 27.6 Å². The Hall–Kier alpha value is -0.840. The molecule has 0 saturated carbocycles. The summed E-state index contributed by atoms with van der Waals surface area (Å²) < 4.78 is 38.1. The lowest BCUT2D eigenvalue weighted by Gasteiger charge is -2.30. The average Bonchev–Trinajstić information content (AvgIpc) is 2.61. The maximum Gasteiger partial charge on any atom is 0.242 e. The third kappa shape index (κ3) is 4.71. The Labute approximate surface area is 168 Å². The van der Waals surface area contributed by atoms with Gasteiger partial charge in [0, 0.05) is 40.9 Å². The van der Waals surface area contributed by atoms with Gasteiger partial charge in [-0.25, -0.2) is 13.4 Å². The fourth-order valence-electron chi connectivity index (χ4n) is 2.30. The van der Waals surface area contributed by atoms with Gasteiger partial charge in [-0.1, -0.05) is 33.6 Å². The van der Waals surface area contributed by atoms with Gasteiger partial charge in [0.15, 0.2) is 0 Å². The number of alkyl halides is 1. The van der Waals surface area contributed by atoms with Crippen molar-refractivity contribution < 1.29 is 17.7 Å². The molecule has 1 N–H and O–H groups in total. The van der Waals surface area contributed by atoms with E-state index in [2.05, 4.69) is 20.9 Å². The van der Waals surface area contributed by atoms with Crippen LogP contribution in [0.25, 0.3) is 0 Å². The molecule has 2 unspecified atom stereocenters. The smallest absolute Gasteiger partial charge is 0.242 e. The van der Waals surface area contributed by atoms with Crippen molar-refractivity contribution in [3.63, 3.8) is 0 Å². The van der Waals surface area contributed by atoms with E-state index in [1.54, 1.807) is 18.2 Å². The predicted molar refractivity (Wildman–Crippen MR) is 106 cm³/mol. The van der Waals surface area contributed by atoms with Crippen molar-refractivity contribution in [3.05, 3.63) is 53.3 Å². The monoisotopic (exact) mass is 480 g/mol. The second-order valence-electron chi connectivity index (χ2n) is 5.70. The van der Waals surface area contributed by atoms with E-state index in [0.717, 1.165) is 4.31 Å². The number of sulfonamides is 1. The second kappa shape index (κ2) is 8.45. The topological polar surface area (TPSA) is 87.6 Å². The van der Waals surface area contributed by atoms with Crippen molar-refractivity contribution in [3.8, 4) is 0 Å². The van der Waals surface area contributed by atoms with E-state index in [1.165, 1.54) is 37.6 Å². The average molecular weight is 482 g/mol. The van der Waals surface area contributed by atoms with E-state index >= 15 is 0 Å². The Kier molecular flexibility index (Phi) is 6.98. The molecule has 2 rings (SSSR count). The summed E-state index contributed by atoms with van der Waals surface area (Å²) in [4.78, 5) is 4.67. The minimum atomic E-state index is -3.85. The van der Waals surface area contributed by atoms with Crippen LogP contribution in [0.5, 0.6) is 0 Å². The first-order chi connectivity index (χ1) is 12.1. The van der Waals surface area contributed by atoms with E-state index in [1.807, 2.05) is 0 Å². The fourth-order valence-corrected chi connectivity index (χ4v) is 4.67. The molecule has 2 atom stereocenters. The van der Waals surface area contributed by atoms with Crippen LogP contribution in [0.2, 0.25) is 5.15 Å². The summed E-state index contributed by atoms with van der Waals surface area (Å²) in [5, 5.41) is 11.2. The molecule has 0 spiro atoms. The van der Waals surface area contributed by atoms with Gasteiger partial charge in [-0.3, -0.25) is 4.21 Å². The first kappa shape index (κ1) is 21.5. The van der Waals surface area contributed by atoms with Crippen LogP contribution in [-0.2, 0) is 26.4 Å². The standard InChI is InChI=1S/C16H18BrClN2O4S2/c1-20(11-16(21,10-17)14-4-3-5-15(18)19-14)26(23,24)13-8-6-12(7-9-13)25(2)22/h3-9,21H,10-11H2,1-2H3. The molecular weight excluding hydrogens is 464 g/mol. The highest BCUT2D eigenvalue weighted by atomic mass is 79.9. The van der Waals surface area contributed by atoms with Crippen molar-refractivity contribution in [2.24, 2.45) is 0 Å². The normalized spacial score (nSPS) is 15.6. The van der Waals surface area contributed by atoms with Gasteiger partial charge in [-0.05, 0) is 36.4 Å². The van der Waals surface area contributed by atoms with Crippen molar-refractivity contribution in [2.45, 2.75) is 15.4 Å². The van der Waals surface area contributed by atoms with Crippen LogP contribution in [0.3, 0.4) is 0 Å². The van der Waals surface area contributed by atoms with Crippen molar-refractivity contribution in [2.75, 3.05) is 25.2 Å². The van der Waals surface area contributed by atoms with Gasteiger partial charge >= 0.3 is 0 Å². The molecule has 0 saturated heterocycles. The Bertz CT molecular complexity index is 909. The number of nitrogens with zero attached hydrogens (tertiary/aromatic N) is 2. The Morgan fingerprint density at radius 2 is 1.88 bits per heavy atom. The Balaban J connectivity index is 2.31. The number of hydrogen-bond acceptors (Lipinski definition) is 5. The minimum Gasteiger partial charge on any atom is -0.381 e. The van der Waals surface area contributed by atoms with Gasteiger partial charge in [0.1, 0.15) is 10.8 Å². The van der Waals surface area contributed by atoms with E-state index < -0.39 is 26.4 Å². The number of rotatable bonds is 7. The molecule has 1 aromatic heterocycles. The number of aromatic nitrogens is 1. The molecule has 2 aromatic rings. The number of aliphatic hydroxyl groups is 1. The summed E-state index contributed by atoms with van der Waals surface area (Å²) in [6.07, 6.45) is 1.52. The SMILES string of the molecule is CN(CC(O)(CBr)c1cccc(Cl)n1)S(=O)(=O)c1ccc(S(C)=O)cc1. The zero-order chi connectivity index (χ0) is 19.5. The van der Waals surface area contributed by atoms with E-state index in [9.17, 15) is 17.7 Å². The number of pyridine rings is 1. The predicted octanol–water partition coefficient (Wildman–Crippen LogP) is 2.38. The lowest BCUT2D eigenvalue weighted by atomic mass is 10.0. The van der Waals surface area contributed by atoms with Gasteiger partial charge in [0.2, 0.25) is 10.0 Å². The van der Waals surface area contributed by atoms with Crippen LogP contribution in [-0.4, -0.2) is 52.2 Å². The third-order valence-electron chi connectivity index (χ3n) is 3.76. The highest BCUT2D eigenvalue weighted by molar-refractivity contribution is 9.09. The van der Waals surface area contributed by atoms with Crippen molar-refractivity contribution in [1.29, 1.82) is 0 Å². The lowest BCUT2D eigenvalue weighted by molar-refractivity contribution is 0.0436. The Morgan fingerprint density at radius 3 is 2.38 bits per heavy atom. The Morgan fingerprint density at radius 1 is 1.27 bits per heavy atom. The summed E-state index contributed by atoms with van der Waals surface area (Å²) in [5.74, 6) is 0. The number of benzene rings is 1. The maximum absolute atomic E-state index is 12.8. The van der Waals surface area contributed by atoms with Crippen LogP contribution >= 0.6 is 27.5 Å². The molecule has 0 bridgehead atoms. The molecule has 1 aromatic carbocycles. The van der Waals surface area contributed by atoms with Crippen LogP contribution in [0, 0.1) is 0 Å².